The Bertz CT molecular complexity index is 1100. The van der Waals surface area contributed by atoms with E-state index < -0.39 is 0 Å². The molecule has 0 radical (unpaired) electrons. The van der Waals surface area contributed by atoms with Gasteiger partial charge in [0.1, 0.15) is 23.7 Å². The molecule has 0 saturated heterocycles. The number of methoxy groups -OCH3 is 3. The Hall–Kier alpha value is -3.45. The van der Waals surface area contributed by atoms with Crippen LogP contribution in [0.5, 0.6) is 23.0 Å². The van der Waals surface area contributed by atoms with Crippen LogP contribution in [0.15, 0.2) is 47.1 Å². The molecule has 170 valence electrons. The van der Waals surface area contributed by atoms with Gasteiger partial charge in [-0.15, -0.1) is 0 Å². The summed E-state index contributed by atoms with van der Waals surface area (Å²) in [5.41, 5.74) is 1.61. The van der Waals surface area contributed by atoms with Gasteiger partial charge in [-0.1, -0.05) is 18.2 Å². The summed E-state index contributed by atoms with van der Waals surface area (Å²) in [4.78, 5) is 15.4. The second kappa shape index (κ2) is 10.2. The number of furan rings is 1. The fraction of sp³-hybridized carbons (Fsp3) is 0.320. The number of nitrogens with zero attached hydrogens (tertiary/aromatic N) is 1. The highest BCUT2D eigenvalue weighted by atomic mass is 16.5. The maximum Gasteiger partial charge on any atom is 0.205 e. The molecule has 3 rings (SSSR count). The van der Waals surface area contributed by atoms with Gasteiger partial charge in [-0.3, -0.25) is 4.79 Å². The number of benzene rings is 2. The molecule has 1 aromatic heterocycles. The van der Waals surface area contributed by atoms with Gasteiger partial charge in [0.2, 0.25) is 5.75 Å². The predicted octanol–water partition coefficient (Wildman–Crippen LogP) is 4.68. The summed E-state index contributed by atoms with van der Waals surface area (Å²) in [5, 5.41) is 0.638. The van der Waals surface area contributed by atoms with Crippen LogP contribution >= 0.6 is 0 Å². The highest BCUT2D eigenvalue weighted by Crippen LogP contribution is 2.46. The van der Waals surface area contributed by atoms with Crippen molar-refractivity contribution >= 4 is 22.8 Å². The van der Waals surface area contributed by atoms with E-state index in [2.05, 4.69) is 0 Å². The van der Waals surface area contributed by atoms with Gasteiger partial charge >= 0.3 is 0 Å². The maximum atomic E-state index is 13.4. The van der Waals surface area contributed by atoms with Gasteiger partial charge in [0.25, 0.3) is 0 Å². The van der Waals surface area contributed by atoms with Crippen LogP contribution in [0.4, 0.5) is 0 Å². The van der Waals surface area contributed by atoms with Crippen molar-refractivity contribution in [3.05, 3.63) is 53.8 Å². The first-order chi connectivity index (χ1) is 15.4. The molecule has 0 spiro atoms. The van der Waals surface area contributed by atoms with Crippen LogP contribution in [-0.4, -0.2) is 58.8 Å². The van der Waals surface area contributed by atoms with Crippen molar-refractivity contribution < 1.29 is 28.2 Å². The second-order valence-electron chi connectivity index (χ2n) is 7.53. The molecule has 0 amide bonds. The Morgan fingerprint density at radius 1 is 1.00 bits per heavy atom. The van der Waals surface area contributed by atoms with Gasteiger partial charge in [0, 0.05) is 6.04 Å². The molecule has 0 aliphatic carbocycles. The molecule has 32 heavy (non-hydrogen) atoms. The monoisotopic (exact) mass is 439 g/mol. The molecule has 1 unspecified atom stereocenters. The minimum absolute atomic E-state index is 0.107. The van der Waals surface area contributed by atoms with E-state index in [9.17, 15) is 4.79 Å². The van der Waals surface area contributed by atoms with Crippen molar-refractivity contribution in [1.29, 1.82) is 0 Å². The van der Waals surface area contributed by atoms with E-state index >= 15 is 0 Å². The molecule has 1 atom stereocenters. The van der Waals surface area contributed by atoms with Crippen molar-refractivity contribution in [2.75, 3.05) is 42.0 Å². The first-order valence-electron chi connectivity index (χ1n) is 10.2. The Balaban J connectivity index is 2.08. The van der Waals surface area contributed by atoms with Crippen LogP contribution in [0.1, 0.15) is 22.8 Å². The van der Waals surface area contributed by atoms with Gasteiger partial charge in [-0.25, -0.2) is 0 Å². The van der Waals surface area contributed by atoms with Crippen molar-refractivity contribution in [3.8, 4) is 23.0 Å². The summed E-state index contributed by atoms with van der Waals surface area (Å²) in [6, 6.07) is 9.26. The summed E-state index contributed by atoms with van der Waals surface area (Å²) < 4.78 is 28.2. The van der Waals surface area contributed by atoms with Crippen LogP contribution in [0.2, 0.25) is 0 Å². The van der Waals surface area contributed by atoms with Crippen LogP contribution in [0, 0.1) is 0 Å². The highest BCUT2D eigenvalue weighted by Gasteiger charge is 2.28. The number of carbonyl (C=O) groups is 1. The predicted molar refractivity (Wildman–Crippen MR) is 124 cm³/mol. The molecule has 0 aliphatic heterocycles. The topological polar surface area (TPSA) is 70.4 Å². The third kappa shape index (κ3) is 4.73. The molecule has 0 bridgehead atoms. The number of hydrogen-bond acceptors (Lipinski definition) is 7. The average Bonchev–Trinajstić information content (AvgIpc) is 3.29. The summed E-state index contributed by atoms with van der Waals surface area (Å²) in [6.45, 7) is 2.38. The molecular formula is C25H29NO6. The van der Waals surface area contributed by atoms with E-state index in [1.54, 1.807) is 19.3 Å². The SMILES string of the molecule is COc1ccc(/C=C/C(=O)c2c(OCC(C)N(C)C)c(OC)c3occc3c2OC)cc1. The number of ketones is 1. The van der Waals surface area contributed by atoms with Crippen LogP contribution in [-0.2, 0) is 0 Å². The Morgan fingerprint density at radius 2 is 1.69 bits per heavy atom. The van der Waals surface area contributed by atoms with E-state index in [1.165, 1.54) is 26.6 Å². The van der Waals surface area contributed by atoms with Gasteiger partial charge < -0.3 is 28.3 Å². The minimum Gasteiger partial charge on any atom is -0.497 e. The zero-order valence-corrected chi connectivity index (χ0v) is 19.3. The maximum absolute atomic E-state index is 13.4. The molecule has 7 nitrogen and oxygen atoms in total. The number of fused-ring (bicyclic) bond motifs is 1. The number of ether oxygens (including phenoxy) is 4. The summed E-state index contributed by atoms with van der Waals surface area (Å²) >= 11 is 0. The number of carbonyl (C=O) groups excluding carboxylic acids is 1. The molecule has 0 saturated carbocycles. The lowest BCUT2D eigenvalue weighted by atomic mass is 10.0. The molecule has 3 aromatic rings. The largest absolute Gasteiger partial charge is 0.497 e. The Labute approximate surface area is 188 Å². The Kier molecular flexibility index (Phi) is 7.43. The number of allylic oxidation sites excluding steroid dienone is 1. The molecule has 7 heteroatoms. The Morgan fingerprint density at radius 3 is 2.28 bits per heavy atom. The van der Waals surface area contributed by atoms with Crippen molar-refractivity contribution in [1.82, 2.24) is 4.90 Å². The van der Waals surface area contributed by atoms with Gasteiger partial charge in [0.15, 0.2) is 17.1 Å². The van der Waals surface area contributed by atoms with Crippen molar-refractivity contribution in [2.45, 2.75) is 13.0 Å². The van der Waals surface area contributed by atoms with Crippen molar-refractivity contribution in [2.24, 2.45) is 0 Å². The second-order valence-corrected chi connectivity index (χ2v) is 7.53. The quantitative estimate of drug-likeness (QED) is 0.335. The highest BCUT2D eigenvalue weighted by molar-refractivity contribution is 6.15. The van der Waals surface area contributed by atoms with Crippen molar-refractivity contribution in [3.63, 3.8) is 0 Å². The van der Waals surface area contributed by atoms with E-state index in [0.717, 1.165) is 11.3 Å². The molecule has 1 heterocycles. The van der Waals surface area contributed by atoms with E-state index in [-0.39, 0.29) is 17.4 Å². The van der Waals surface area contributed by atoms with Crippen LogP contribution in [0.25, 0.3) is 17.0 Å². The zero-order chi connectivity index (χ0) is 23.3. The van der Waals surface area contributed by atoms with Gasteiger partial charge in [-0.2, -0.15) is 0 Å². The molecular weight excluding hydrogens is 410 g/mol. The van der Waals surface area contributed by atoms with E-state index in [0.29, 0.717) is 34.8 Å². The minimum atomic E-state index is -0.272. The lowest BCUT2D eigenvalue weighted by Crippen LogP contribution is -2.30. The first kappa shape index (κ1) is 23.2. The average molecular weight is 440 g/mol. The van der Waals surface area contributed by atoms with Gasteiger partial charge in [0.05, 0.1) is 33.0 Å². The first-order valence-corrected chi connectivity index (χ1v) is 10.2. The summed E-state index contributed by atoms with van der Waals surface area (Å²) in [6.07, 6.45) is 4.76. The van der Waals surface area contributed by atoms with E-state index in [1.807, 2.05) is 50.2 Å². The third-order valence-electron chi connectivity index (χ3n) is 5.32. The summed E-state index contributed by atoms with van der Waals surface area (Å²) in [7, 11) is 8.58. The molecule has 2 aromatic carbocycles. The third-order valence-corrected chi connectivity index (χ3v) is 5.32. The standard InChI is InChI=1S/C25H29NO6/c1-16(26(2)3)15-32-24-21(20(27)12-9-17-7-10-18(28-4)11-8-17)22(29-5)19-13-14-31-23(19)25(24)30-6/h7-14,16H,15H2,1-6H3/b12-9+. The van der Waals surface area contributed by atoms with Crippen LogP contribution in [0.3, 0.4) is 0 Å². The molecule has 0 N–H and O–H groups in total. The fourth-order valence-corrected chi connectivity index (χ4v) is 3.20. The zero-order valence-electron chi connectivity index (χ0n) is 19.3. The smallest absolute Gasteiger partial charge is 0.205 e. The molecule has 0 fully saturated rings. The lowest BCUT2D eigenvalue weighted by molar-refractivity contribution is 0.103. The van der Waals surface area contributed by atoms with Gasteiger partial charge in [-0.05, 0) is 50.9 Å². The normalized spacial score (nSPS) is 12.3. The van der Waals surface area contributed by atoms with Crippen LogP contribution < -0.4 is 18.9 Å². The summed E-state index contributed by atoms with van der Waals surface area (Å²) in [5.74, 6) is 1.51. The lowest BCUT2D eigenvalue weighted by Gasteiger charge is -2.22. The van der Waals surface area contributed by atoms with E-state index in [4.69, 9.17) is 23.4 Å². The number of hydrogen-bond donors (Lipinski definition) is 0. The number of likely N-dealkylation sites (N-methyl/N-ethyl adjacent to an activating group) is 1. The number of rotatable bonds is 10. The fourth-order valence-electron chi connectivity index (χ4n) is 3.20. The molecule has 0 aliphatic rings.